The smallest absolute Gasteiger partial charge is 0.322 e. The van der Waals surface area contributed by atoms with E-state index >= 15 is 0 Å². The number of amides is 2. The molecule has 1 saturated carbocycles. The molecule has 2 heterocycles. The zero-order valence-corrected chi connectivity index (χ0v) is 21.4. The summed E-state index contributed by atoms with van der Waals surface area (Å²) in [5, 5.41) is 19.9. The second kappa shape index (κ2) is 11.6. The Morgan fingerprint density at radius 2 is 1.76 bits per heavy atom. The Hall–Kier alpha value is -4.64. The van der Waals surface area contributed by atoms with Gasteiger partial charge >= 0.3 is 6.03 Å². The van der Waals surface area contributed by atoms with Gasteiger partial charge in [0.05, 0.1) is 11.8 Å². The fraction of sp³-hybridized carbons (Fsp3) is 0.267. The summed E-state index contributed by atoms with van der Waals surface area (Å²) in [6.45, 7) is 0.477. The summed E-state index contributed by atoms with van der Waals surface area (Å²) in [5.74, 6) is 0.774. The molecule has 4 aromatic rings. The molecule has 1 aliphatic rings. The Morgan fingerprint density at radius 1 is 1.00 bits per heavy atom. The lowest BCUT2D eigenvalue weighted by Gasteiger charge is -2.37. The average molecular weight is 506 g/mol. The molecule has 2 amide bonds. The van der Waals surface area contributed by atoms with E-state index in [2.05, 4.69) is 26.8 Å². The number of rotatable bonds is 7. The third-order valence-corrected chi connectivity index (χ3v) is 7.00. The Bertz CT molecular complexity index is 1380. The van der Waals surface area contributed by atoms with Crippen molar-refractivity contribution in [3.63, 3.8) is 0 Å². The van der Waals surface area contributed by atoms with Crippen LogP contribution in [0.15, 0.2) is 85.3 Å². The van der Waals surface area contributed by atoms with Gasteiger partial charge in [-0.25, -0.2) is 9.78 Å². The summed E-state index contributed by atoms with van der Waals surface area (Å²) < 4.78 is 1.78. The Balaban J connectivity index is 1.29. The molecule has 2 N–H and O–H groups in total. The minimum absolute atomic E-state index is 0.0852. The molecule has 0 saturated heterocycles. The highest BCUT2D eigenvalue weighted by Gasteiger charge is 2.30. The van der Waals surface area contributed by atoms with Crippen molar-refractivity contribution in [2.75, 3.05) is 10.2 Å². The van der Waals surface area contributed by atoms with Crippen molar-refractivity contribution in [2.24, 2.45) is 7.05 Å². The van der Waals surface area contributed by atoms with Crippen molar-refractivity contribution in [3.05, 3.63) is 96.4 Å². The molecule has 0 radical (unpaired) electrons. The van der Waals surface area contributed by atoms with Gasteiger partial charge in [0, 0.05) is 49.3 Å². The highest BCUT2D eigenvalue weighted by Crippen LogP contribution is 2.31. The van der Waals surface area contributed by atoms with E-state index in [0.717, 1.165) is 53.9 Å². The third-order valence-electron chi connectivity index (χ3n) is 7.00. The first-order valence-corrected chi connectivity index (χ1v) is 12.9. The lowest BCUT2D eigenvalue weighted by molar-refractivity contribution is 0.240. The van der Waals surface area contributed by atoms with Gasteiger partial charge in [-0.15, -0.1) is 0 Å². The van der Waals surface area contributed by atoms with Crippen molar-refractivity contribution < 1.29 is 4.79 Å². The number of aromatic nitrogens is 3. The van der Waals surface area contributed by atoms with Crippen LogP contribution in [0.2, 0.25) is 0 Å². The largest absolute Gasteiger partial charge is 0.367 e. The zero-order valence-electron chi connectivity index (χ0n) is 21.4. The number of hydrogen-bond acceptors (Lipinski definition) is 5. The number of carbonyl (C=O) groups excluding carboxylic acids is 1. The molecule has 8 nitrogen and oxygen atoms in total. The first-order valence-electron chi connectivity index (χ1n) is 12.9. The molecule has 2 aromatic carbocycles. The first-order chi connectivity index (χ1) is 18.6. The number of nitriles is 1. The van der Waals surface area contributed by atoms with Crippen LogP contribution in [-0.4, -0.2) is 32.9 Å². The average Bonchev–Trinajstić information content (AvgIpc) is 3.40. The van der Waals surface area contributed by atoms with Gasteiger partial charge in [-0.1, -0.05) is 42.5 Å². The quantitative estimate of drug-likeness (QED) is 0.346. The van der Waals surface area contributed by atoms with Crippen LogP contribution in [0, 0.1) is 11.3 Å². The second-order valence-corrected chi connectivity index (χ2v) is 9.66. The lowest BCUT2D eigenvalue weighted by Crippen LogP contribution is -2.48. The highest BCUT2D eigenvalue weighted by molar-refractivity contribution is 5.93. The van der Waals surface area contributed by atoms with Gasteiger partial charge in [-0.3, -0.25) is 9.58 Å². The van der Waals surface area contributed by atoms with E-state index < -0.39 is 0 Å². The molecule has 0 spiro atoms. The number of urea groups is 1. The van der Waals surface area contributed by atoms with Crippen LogP contribution in [0.25, 0.3) is 11.1 Å². The molecular weight excluding hydrogens is 474 g/mol. The molecule has 1 fully saturated rings. The van der Waals surface area contributed by atoms with E-state index in [1.807, 2.05) is 85.0 Å². The molecule has 2 aromatic heterocycles. The van der Waals surface area contributed by atoms with Gasteiger partial charge in [0.1, 0.15) is 11.9 Å². The molecule has 0 atom stereocenters. The van der Waals surface area contributed by atoms with E-state index in [0.29, 0.717) is 12.1 Å². The van der Waals surface area contributed by atoms with Crippen molar-refractivity contribution in [1.82, 2.24) is 20.1 Å². The van der Waals surface area contributed by atoms with E-state index in [4.69, 9.17) is 5.26 Å². The van der Waals surface area contributed by atoms with Crippen molar-refractivity contribution >= 4 is 17.5 Å². The monoisotopic (exact) mass is 505 g/mol. The predicted molar refractivity (Wildman–Crippen MR) is 148 cm³/mol. The maximum absolute atomic E-state index is 13.6. The molecule has 0 unspecified atom stereocenters. The molecule has 38 heavy (non-hydrogen) atoms. The van der Waals surface area contributed by atoms with Crippen LogP contribution in [0.1, 0.15) is 36.8 Å². The van der Waals surface area contributed by atoms with Gasteiger partial charge in [0.2, 0.25) is 0 Å². The van der Waals surface area contributed by atoms with Gasteiger partial charge in [-0.05, 0) is 61.1 Å². The fourth-order valence-corrected chi connectivity index (χ4v) is 4.97. The minimum Gasteiger partial charge on any atom is -0.367 e. The summed E-state index contributed by atoms with van der Waals surface area (Å²) in [7, 11) is 1.90. The summed E-state index contributed by atoms with van der Waals surface area (Å²) in [6, 6.07) is 24.1. The van der Waals surface area contributed by atoms with Crippen LogP contribution in [0.5, 0.6) is 0 Å². The lowest BCUT2D eigenvalue weighted by atomic mass is 9.89. The van der Waals surface area contributed by atoms with E-state index in [9.17, 15) is 4.79 Å². The second-order valence-electron chi connectivity index (χ2n) is 9.66. The van der Waals surface area contributed by atoms with E-state index in [1.165, 1.54) is 0 Å². The molecule has 0 aliphatic heterocycles. The fourth-order valence-electron chi connectivity index (χ4n) is 4.97. The van der Waals surface area contributed by atoms with E-state index in [1.54, 1.807) is 16.9 Å². The summed E-state index contributed by atoms with van der Waals surface area (Å²) in [4.78, 5) is 19.8. The number of carbonyl (C=O) groups is 1. The molecule has 192 valence electrons. The molecule has 0 bridgehead atoms. The number of pyridine rings is 1. The van der Waals surface area contributed by atoms with Crippen LogP contribution in [0.4, 0.5) is 16.3 Å². The van der Waals surface area contributed by atoms with Crippen LogP contribution in [-0.2, 0) is 13.6 Å². The Labute approximate surface area is 222 Å². The first kappa shape index (κ1) is 25.0. The molecular formula is C30H31N7O. The number of aryl methyl sites for hydroxylation is 1. The van der Waals surface area contributed by atoms with Gasteiger partial charge in [0.25, 0.3) is 0 Å². The van der Waals surface area contributed by atoms with Crippen LogP contribution >= 0.6 is 0 Å². The minimum atomic E-state index is -0.0897. The maximum Gasteiger partial charge on any atom is 0.322 e. The summed E-state index contributed by atoms with van der Waals surface area (Å²) in [6.07, 6.45) is 8.99. The molecule has 8 heteroatoms. The van der Waals surface area contributed by atoms with Gasteiger partial charge in [0.15, 0.2) is 0 Å². The standard InChI is InChI=1S/C30H31N7O/c1-36-21-25(20-34-36)24-8-12-27(13-9-24)37(30(38)33-18-22-5-3-2-4-6-22)28-14-10-26(11-15-28)35-29-16-7-23(17-31)19-32-29/h2-9,12-13,16,19-21,26,28H,10-11,14-15,18H2,1H3,(H,32,35)(H,33,38)/t26-,28-. The van der Waals surface area contributed by atoms with Crippen LogP contribution < -0.4 is 15.5 Å². The number of nitrogens with one attached hydrogen (secondary N) is 2. The molecule has 5 rings (SSSR count). The SMILES string of the molecule is Cn1cc(-c2ccc(N(C(=O)NCc3ccccc3)[C@H]3CC[C@H](Nc4ccc(C#N)cn4)CC3)cc2)cn1. The number of hydrogen-bond donors (Lipinski definition) is 2. The Kier molecular flexibility index (Phi) is 7.65. The van der Waals surface area contributed by atoms with Crippen molar-refractivity contribution in [3.8, 4) is 17.2 Å². The molecule has 1 aliphatic carbocycles. The number of benzene rings is 2. The number of anilines is 2. The zero-order chi connectivity index (χ0) is 26.3. The number of nitrogens with zero attached hydrogens (tertiary/aromatic N) is 5. The maximum atomic E-state index is 13.6. The Morgan fingerprint density at radius 3 is 2.39 bits per heavy atom. The summed E-state index contributed by atoms with van der Waals surface area (Å²) in [5.41, 5.74) is 4.60. The van der Waals surface area contributed by atoms with E-state index in [-0.39, 0.29) is 18.1 Å². The van der Waals surface area contributed by atoms with Crippen molar-refractivity contribution in [2.45, 2.75) is 44.3 Å². The van der Waals surface area contributed by atoms with Gasteiger partial charge < -0.3 is 10.6 Å². The topological polar surface area (TPSA) is 98.9 Å². The van der Waals surface area contributed by atoms with Crippen molar-refractivity contribution in [1.29, 1.82) is 5.26 Å². The van der Waals surface area contributed by atoms with Crippen LogP contribution in [0.3, 0.4) is 0 Å². The summed E-state index contributed by atoms with van der Waals surface area (Å²) >= 11 is 0. The third kappa shape index (κ3) is 6.01. The normalized spacial score (nSPS) is 16.8. The van der Waals surface area contributed by atoms with Gasteiger partial charge in [-0.2, -0.15) is 10.4 Å². The highest BCUT2D eigenvalue weighted by atomic mass is 16.2. The predicted octanol–water partition coefficient (Wildman–Crippen LogP) is 5.49.